The largest absolute Gasteiger partial charge is 0.465 e. The van der Waals surface area contributed by atoms with Crippen LogP contribution in [-0.2, 0) is 21.3 Å². The lowest BCUT2D eigenvalue weighted by atomic mass is 10.2. The van der Waals surface area contributed by atoms with Crippen molar-refractivity contribution in [3.63, 3.8) is 0 Å². The van der Waals surface area contributed by atoms with E-state index in [2.05, 4.69) is 24.6 Å². The zero-order valence-corrected chi connectivity index (χ0v) is 11.3. The highest BCUT2D eigenvalue weighted by molar-refractivity contribution is 7.89. The molecule has 2 rings (SSSR count). The minimum atomic E-state index is -3.68. The molecule has 1 aromatic heterocycles. The maximum absolute atomic E-state index is 12.0. The third kappa shape index (κ3) is 3.19. The molecular formula is C11H12N4O4S. The number of benzene rings is 1. The maximum Gasteiger partial charge on any atom is 0.337 e. The van der Waals surface area contributed by atoms with E-state index in [0.717, 1.165) is 0 Å². The van der Waals surface area contributed by atoms with Gasteiger partial charge < -0.3 is 4.74 Å². The molecule has 0 spiro atoms. The third-order valence-electron chi connectivity index (χ3n) is 2.48. The van der Waals surface area contributed by atoms with Gasteiger partial charge in [-0.1, -0.05) is 0 Å². The van der Waals surface area contributed by atoms with Gasteiger partial charge in [0.2, 0.25) is 10.0 Å². The van der Waals surface area contributed by atoms with Crippen LogP contribution in [0, 0.1) is 0 Å². The van der Waals surface area contributed by atoms with Crippen molar-refractivity contribution in [2.45, 2.75) is 11.4 Å². The smallest absolute Gasteiger partial charge is 0.337 e. The maximum atomic E-state index is 12.0. The number of aromatic nitrogens is 3. The van der Waals surface area contributed by atoms with Gasteiger partial charge in [-0.3, -0.25) is 5.10 Å². The lowest BCUT2D eigenvalue weighted by molar-refractivity contribution is 0.0600. The van der Waals surface area contributed by atoms with Crippen LogP contribution in [-0.4, -0.2) is 36.7 Å². The molecule has 0 saturated carbocycles. The number of hydrogen-bond acceptors (Lipinski definition) is 6. The fourth-order valence-corrected chi connectivity index (χ4v) is 2.44. The van der Waals surface area contributed by atoms with E-state index in [4.69, 9.17) is 0 Å². The molecular weight excluding hydrogens is 284 g/mol. The van der Waals surface area contributed by atoms with Crippen LogP contribution in [0.4, 0.5) is 0 Å². The molecule has 1 heterocycles. The van der Waals surface area contributed by atoms with Gasteiger partial charge in [0.05, 0.1) is 24.1 Å². The number of carbonyl (C=O) groups excluding carboxylic acids is 1. The van der Waals surface area contributed by atoms with E-state index < -0.39 is 16.0 Å². The van der Waals surface area contributed by atoms with Crippen LogP contribution < -0.4 is 4.72 Å². The van der Waals surface area contributed by atoms with E-state index in [-0.39, 0.29) is 17.0 Å². The Morgan fingerprint density at radius 1 is 1.35 bits per heavy atom. The molecule has 0 saturated heterocycles. The summed E-state index contributed by atoms with van der Waals surface area (Å²) in [6.07, 6.45) is 1.29. The highest BCUT2D eigenvalue weighted by Gasteiger charge is 2.15. The standard InChI is InChI=1S/C11H12N4O4S/c1-19-11(16)8-2-4-9(5-3-8)20(17,18)14-6-10-12-7-13-15-10/h2-5,7,14H,6H2,1H3,(H,12,13,15). The number of nitrogens with zero attached hydrogens (tertiary/aromatic N) is 2. The molecule has 0 amide bonds. The summed E-state index contributed by atoms with van der Waals surface area (Å²) in [5.74, 6) is -0.122. The Morgan fingerprint density at radius 3 is 2.60 bits per heavy atom. The van der Waals surface area contributed by atoms with E-state index in [1.165, 1.54) is 37.7 Å². The molecule has 0 bridgehead atoms. The number of H-pyrrole nitrogens is 1. The minimum absolute atomic E-state index is 0.00108. The van der Waals surface area contributed by atoms with Crippen LogP contribution >= 0.6 is 0 Å². The summed E-state index contributed by atoms with van der Waals surface area (Å²) in [7, 11) is -2.42. The van der Waals surface area contributed by atoms with Crippen LogP contribution in [0.15, 0.2) is 35.5 Å². The molecule has 8 nitrogen and oxygen atoms in total. The van der Waals surface area contributed by atoms with Crippen LogP contribution in [0.25, 0.3) is 0 Å². The van der Waals surface area contributed by atoms with Gasteiger partial charge in [-0.15, -0.1) is 0 Å². The van der Waals surface area contributed by atoms with Crippen molar-refractivity contribution in [1.82, 2.24) is 19.9 Å². The van der Waals surface area contributed by atoms with E-state index in [1.54, 1.807) is 0 Å². The molecule has 20 heavy (non-hydrogen) atoms. The third-order valence-corrected chi connectivity index (χ3v) is 3.90. The van der Waals surface area contributed by atoms with E-state index >= 15 is 0 Å². The lowest BCUT2D eigenvalue weighted by Crippen LogP contribution is -2.23. The first-order valence-corrected chi connectivity index (χ1v) is 7.03. The predicted octanol–water partition coefficient (Wildman–Crippen LogP) is 0.0698. The van der Waals surface area contributed by atoms with Gasteiger partial charge in [-0.2, -0.15) is 5.10 Å². The summed E-state index contributed by atoms with van der Waals surface area (Å²) in [4.78, 5) is 15.1. The molecule has 0 unspecified atom stereocenters. The number of methoxy groups -OCH3 is 1. The highest BCUT2D eigenvalue weighted by Crippen LogP contribution is 2.11. The summed E-state index contributed by atoms with van der Waals surface area (Å²) in [6, 6.07) is 5.42. The van der Waals surface area contributed by atoms with Crippen molar-refractivity contribution >= 4 is 16.0 Å². The normalized spacial score (nSPS) is 11.2. The van der Waals surface area contributed by atoms with Crippen LogP contribution in [0.5, 0.6) is 0 Å². The fourth-order valence-electron chi connectivity index (χ4n) is 1.45. The Bertz CT molecular complexity index is 680. The minimum Gasteiger partial charge on any atom is -0.465 e. The number of esters is 1. The highest BCUT2D eigenvalue weighted by atomic mass is 32.2. The zero-order chi connectivity index (χ0) is 14.6. The van der Waals surface area contributed by atoms with Crippen molar-refractivity contribution in [2.75, 3.05) is 7.11 Å². The average Bonchev–Trinajstić information content (AvgIpc) is 2.98. The molecule has 1 aromatic carbocycles. The molecule has 2 aromatic rings. The second-order valence-electron chi connectivity index (χ2n) is 3.77. The number of aromatic amines is 1. The van der Waals surface area contributed by atoms with E-state index in [9.17, 15) is 13.2 Å². The summed E-state index contributed by atoms with van der Waals surface area (Å²) in [5.41, 5.74) is 0.279. The van der Waals surface area contributed by atoms with Crippen molar-refractivity contribution < 1.29 is 17.9 Å². The monoisotopic (exact) mass is 296 g/mol. The Hall–Kier alpha value is -2.26. The van der Waals surface area contributed by atoms with Gasteiger partial charge in [-0.05, 0) is 24.3 Å². The van der Waals surface area contributed by atoms with Crippen LogP contribution in [0.2, 0.25) is 0 Å². The van der Waals surface area contributed by atoms with Crippen molar-refractivity contribution in [3.05, 3.63) is 42.0 Å². The molecule has 0 atom stereocenters. The summed E-state index contributed by atoms with van der Waals surface area (Å²) >= 11 is 0. The number of ether oxygens (including phenoxy) is 1. The zero-order valence-electron chi connectivity index (χ0n) is 10.5. The molecule has 0 aliphatic rings. The van der Waals surface area contributed by atoms with Gasteiger partial charge in [0.15, 0.2) is 0 Å². The molecule has 0 radical (unpaired) electrons. The summed E-state index contributed by atoms with van der Waals surface area (Å²) in [6.45, 7) is 0.00108. The lowest BCUT2D eigenvalue weighted by Gasteiger charge is -2.06. The van der Waals surface area contributed by atoms with Crippen molar-refractivity contribution in [3.8, 4) is 0 Å². The Labute approximate surface area is 115 Å². The second-order valence-corrected chi connectivity index (χ2v) is 5.54. The van der Waals surface area contributed by atoms with Crippen molar-refractivity contribution in [1.29, 1.82) is 0 Å². The van der Waals surface area contributed by atoms with Gasteiger partial charge in [0, 0.05) is 0 Å². The second kappa shape index (κ2) is 5.80. The number of nitrogens with one attached hydrogen (secondary N) is 2. The van der Waals surface area contributed by atoms with Crippen molar-refractivity contribution in [2.24, 2.45) is 0 Å². The Morgan fingerprint density at radius 2 is 2.05 bits per heavy atom. The van der Waals surface area contributed by atoms with Gasteiger partial charge in [-0.25, -0.2) is 22.9 Å². The first kappa shape index (κ1) is 14.2. The van der Waals surface area contributed by atoms with Gasteiger partial charge in [0.1, 0.15) is 12.2 Å². The topological polar surface area (TPSA) is 114 Å². The van der Waals surface area contributed by atoms with Crippen LogP contribution in [0.3, 0.4) is 0 Å². The Balaban J connectivity index is 2.11. The predicted molar refractivity (Wildman–Crippen MR) is 68.2 cm³/mol. The fraction of sp³-hybridized carbons (Fsp3) is 0.182. The van der Waals surface area contributed by atoms with E-state index in [0.29, 0.717) is 5.82 Å². The number of hydrogen-bond donors (Lipinski definition) is 2. The molecule has 9 heteroatoms. The molecule has 0 fully saturated rings. The summed E-state index contributed by atoms with van der Waals surface area (Å²) < 4.78 is 30.9. The molecule has 2 N–H and O–H groups in total. The molecule has 0 aliphatic heterocycles. The Kier molecular flexibility index (Phi) is 4.11. The average molecular weight is 296 g/mol. The SMILES string of the molecule is COC(=O)c1ccc(S(=O)(=O)NCc2ncn[nH]2)cc1. The molecule has 106 valence electrons. The van der Waals surface area contributed by atoms with Gasteiger partial charge in [0.25, 0.3) is 0 Å². The first-order valence-electron chi connectivity index (χ1n) is 5.55. The van der Waals surface area contributed by atoms with Crippen LogP contribution in [0.1, 0.15) is 16.2 Å². The molecule has 0 aliphatic carbocycles. The quantitative estimate of drug-likeness (QED) is 0.755. The number of sulfonamides is 1. The first-order chi connectivity index (χ1) is 9.53. The van der Waals surface area contributed by atoms with Gasteiger partial charge >= 0.3 is 5.97 Å². The summed E-state index contributed by atoms with van der Waals surface area (Å²) in [5, 5.41) is 6.16. The number of rotatable bonds is 5. The number of carbonyl (C=O) groups is 1. The van der Waals surface area contributed by atoms with E-state index in [1.807, 2.05) is 0 Å².